The number of fused-ring (bicyclic) bond motifs is 1. The zero-order valence-corrected chi connectivity index (χ0v) is 10.6. The van der Waals surface area contributed by atoms with E-state index in [4.69, 9.17) is 11.6 Å². The molecule has 0 aromatic heterocycles. The van der Waals surface area contributed by atoms with E-state index in [1.165, 1.54) is 12.1 Å². The van der Waals surface area contributed by atoms with E-state index in [1.807, 2.05) is 0 Å². The number of nitrogens with one attached hydrogen (secondary N) is 1. The van der Waals surface area contributed by atoms with Crippen molar-refractivity contribution >= 4 is 17.5 Å². The fraction of sp³-hybridized carbons (Fsp3) is 0.462. The fourth-order valence-electron chi connectivity index (χ4n) is 2.95. The molecule has 3 nitrogen and oxygen atoms in total. The minimum atomic E-state index is -0.540. The molecule has 1 aromatic carbocycles. The zero-order chi connectivity index (χ0) is 12.7. The van der Waals surface area contributed by atoms with Crippen molar-refractivity contribution in [1.29, 1.82) is 0 Å². The molecule has 18 heavy (non-hydrogen) atoms. The van der Waals surface area contributed by atoms with Gasteiger partial charge < -0.3 is 10.2 Å². The maximum absolute atomic E-state index is 13.8. The predicted octanol–water partition coefficient (Wildman–Crippen LogP) is 1.91. The molecule has 0 aliphatic carbocycles. The summed E-state index contributed by atoms with van der Waals surface area (Å²) in [6.45, 7) is 2.43. The summed E-state index contributed by atoms with van der Waals surface area (Å²) in [5.74, 6) is -0.323. The number of rotatable bonds is 1. The average molecular weight is 269 g/mol. The number of halogens is 2. The highest BCUT2D eigenvalue weighted by Gasteiger charge is 2.41. The third kappa shape index (κ3) is 1.80. The van der Waals surface area contributed by atoms with Crippen molar-refractivity contribution in [2.75, 3.05) is 19.6 Å². The molecule has 0 saturated carbocycles. The lowest BCUT2D eigenvalue weighted by atomic mass is 10.0. The van der Waals surface area contributed by atoms with Crippen LogP contribution in [0.2, 0.25) is 5.02 Å². The van der Waals surface area contributed by atoms with E-state index in [9.17, 15) is 9.18 Å². The summed E-state index contributed by atoms with van der Waals surface area (Å²) in [5, 5.41) is 3.46. The number of likely N-dealkylation sites (tertiary alicyclic amines) is 1. The molecule has 0 spiro atoms. The summed E-state index contributed by atoms with van der Waals surface area (Å²) in [6, 6.07) is 4.53. The monoisotopic (exact) mass is 268 g/mol. The quantitative estimate of drug-likeness (QED) is 0.844. The van der Waals surface area contributed by atoms with E-state index in [2.05, 4.69) is 5.32 Å². The Hall–Kier alpha value is -1.13. The van der Waals surface area contributed by atoms with Gasteiger partial charge in [0.1, 0.15) is 5.82 Å². The summed E-state index contributed by atoms with van der Waals surface area (Å²) in [5.41, 5.74) is 0.00622. The van der Waals surface area contributed by atoms with E-state index in [1.54, 1.807) is 11.0 Å². The van der Waals surface area contributed by atoms with Crippen molar-refractivity contribution in [3.05, 3.63) is 34.6 Å². The van der Waals surface area contributed by atoms with Gasteiger partial charge in [-0.3, -0.25) is 4.79 Å². The van der Waals surface area contributed by atoms with E-state index in [0.29, 0.717) is 12.5 Å². The molecule has 2 aliphatic rings. The molecule has 1 N–H and O–H groups in total. The number of carbonyl (C=O) groups excluding carboxylic acids is 1. The summed E-state index contributed by atoms with van der Waals surface area (Å²) in [7, 11) is 0. The second-order valence-electron chi connectivity index (χ2n) is 4.87. The Morgan fingerprint density at radius 2 is 2.28 bits per heavy atom. The smallest absolute Gasteiger partial charge is 0.258 e. The molecule has 2 saturated heterocycles. The van der Waals surface area contributed by atoms with Crippen LogP contribution >= 0.6 is 11.6 Å². The molecule has 2 atom stereocenters. The van der Waals surface area contributed by atoms with Crippen molar-refractivity contribution in [3.63, 3.8) is 0 Å². The van der Waals surface area contributed by atoms with Gasteiger partial charge in [0.2, 0.25) is 0 Å². The van der Waals surface area contributed by atoms with Gasteiger partial charge in [-0.05, 0) is 24.5 Å². The molecule has 2 fully saturated rings. The van der Waals surface area contributed by atoms with Gasteiger partial charge in [0.15, 0.2) is 0 Å². The van der Waals surface area contributed by atoms with Crippen LogP contribution in [-0.4, -0.2) is 36.5 Å². The first-order valence-electron chi connectivity index (χ1n) is 6.14. The minimum Gasteiger partial charge on any atom is -0.334 e. The predicted molar refractivity (Wildman–Crippen MR) is 67.2 cm³/mol. The number of amides is 1. The van der Waals surface area contributed by atoms with Crippen LogP contribution in [-0.2, 0) is 0 Å². The molecule has 2 heterocycles. The molecule has 5 heteroatoms. The fourth-order valence-corrected chi connectivity index (χ4v) is 3.19. The second-order valence-corrected chi connectivity index (χ2v) is 5.28. The lowest BCUT2D eigenvalue weighted by Crippen LogP contribution is -2.39. The third-order valence-corrected chi connectivity index (χ3v) is 4.20. The SMILES string of the molecule is O=C(c1c(F)cccc1Cl)N1CC[C@@H]2CNC[C@@H]21. The van der Waals surface area contributed by atoms with Gasteiger partial charge in [-0.2, -0.15) is 0 Å². The highest BCUT2D eigenvalue weighted by Crippen LogP contribution is 2.30. The number of benzene rings is 1. The van der Waals surface area contributed by atoms with Crippen molar-refractivity contribution in [1.82, 2.24) is 10.2 Å². The van der Waals surface area contributed by atoms with E-state index in [-0.39, 0.29) is 22.5 Å². The van der Waals surface area contributed by atoms with Crippen LogP contribution in [0.1, 0.15) is 16.8 Å². The highest BCUT2D eigenvalue weighted by atomic mass is 35.5. The van der Waals surface area contributed by atoms with Crippen LogP contribution in [0.4, 0.5) is 4.39 Å². The summed E-state index contributed by atoms with van der Waals surface area (Å²) in [6.07, 6.45) is 0.982. The first-order chi connectivity index (χ1) is 8.68. The Morgan fingerprint density at radius 1 is 1.44 bits per heavy atom. The topological polar surface area (TPSA) is 32.3 Å². The van der Waals surface area contributed by atoms with Crippen molar-refractivity contribution in [3.8, 4) is 0 Å². The normalized spacial score (nSPS) is 26.4. The maximum atomic E-state index is 13.8. The number of hydrogen-bond donors (Lipinski definition) is 1. The minimum absolute atomic E-state index is 0.00622. The van der Waals surface area contributed by atoms with Gasteiger partial charge in [0.05, 0.1) is 10.6 Å². The van der Waals surface area contributed by atoms with Crippen molar-refractivity contribution in [2.45, 2.75) is 12.5 Å². The lowest BCUT2D eigenvalue weighted by molar-refractivity contribution is 0.0732. The molecule has 0 bridgehead atoms. The van der Waals surface area contributed by atoms with Gasteiger partial charge in [-0.25, -0.2) is 4.39 Å². The highest BCUT2D eigenvalue weighted by molar-refractivity contribution is 6.33. The molecular weight excluding hydrogens is 255 g/mol. The Labute approximate surface area is 110 Å². The van der Waals surface area contributed by atoms with E-state index < -0.39 is 5.82 Å². The molecule has 0 radical (unpaired) electrons. The van der Waals surface area contributed by atoms with E-state index in [0.717, 1.165) is 19.5 Å². The maximum Gasteiger partial charge on any atom is 0.258 e. The Bertz CT molecular complexity index is 474. The molecule has 1 amide bonds. The Kier molecular flexibility index (Phi) is 2.99. The third-order valence-electron chi connectivity index (χ3n) is 3.88. The number of carbonyl (C=O) groups is 1. The summed E-state index contributed by atoms with van der Waals surface area (Å²) >= 11 is 5.94. The van der Waals surface area contributed by atoms with Gasteiger partial charge in [0, 0.05) is 25.7 Å². The van der Waals surface area contributed by atoms with Gasteiger partial charge in [0.25, 0.3) is 5.91 Å². The molecule has 2 aliphatic heterocycles. The molecule has 3 rings (SSSR count). The largest absolute Gasteiger partial charge is 0.334 e. The van der Waals surface area contributed by atoms with Gasteiger partial charge in [-0.1, -0.05) is 17.7 Å². The molecular formula is C13H14ClFN2O. The Morgan fingerprint density at radius 3 is 3.06 bits per heavy atom. The van der Waals surface area contributed by atoms with Crippen LogP contribution in [0.5, 0.6) is 0 Å². The van der Waals surface area contributed by atoms with Crippen LogP contribution in [0.25, 0.3) is 0 Å². The molecule has 0 unspecified atom stereocenters. The zero-order valence-electron chi connectivity index (χ0n) is 9.83. The van der Waals surface area contributed by atoms with Crippen LogP contribution < -0.4 is 5.32 Å². The van der Waals surface area contributed by atoms with Gasteiger partial charge >= 0.3 is 0 Å². The first kappa shape index (κ1) is 11.9. The van der Waals surface area contributed by atoms with Crippen molar-refractivity contribution in [2.24, 2.45) is 5.92 Å². The van der Waals surface area contributed by atoms with Crippen LogP contribution in [0.15, 0.2) is 18.2 Å². The average Bonchev–Trinajstić information content (AvgIpc) is 2.89. The second kappa shape index (κ2) is 4.52. The summed E-state index contributed by atoms with van der Waals surface area (Å²) in [4.78, 5) is 14.2. The van der Waals surface area contributed by atoms with Crippen molar-refractivity contribution < 1.29 is 9.18 Å². The van der Waals surface area contributed by atoms with Gasteiger partial charge in [-0.15, -0.1) is 0 Å². The molecule has 96 valence electrons. The first-order valence-corrected chi connectivity index (χ1v) is 6.52. The Balaban J connectivity index is 1.91. The van der Waals surface area contributed by atoms with Crippen LogP contribution in [0, 0.1) is 11.7 Å². The van der Waals surface area contributed by atoms with E-state index >= 15 is 0 Å². The number of nitrogens with zero attached hydrogens (tertiary/aromatic N) is 1. The lowest BCUT2D eigenvalue weighted by Gasteiger charge is -2.24. The standard InChI is InChI=1S/C13H14ClFN2O/c14-9-2-1-3-10(15)12(9)13(18)17-5-4-8-6-16-7-11(8)17/h1-3,8,11,16H,4-7H2/t8-,11+/m1/s1. The molecule has 1 aromatic rings. The van der Waals surface area contributed by atoms with Crippen LogP contribution in [0.3, 0.4) is 0 Å². The summed E-state index contributed by atoms with van der Waals surface area (Å²) < 4.78 is 13.8. The number of hydrogen-bond acceptors (Lipinski definition) is 2.